The number of amidine groups is 1. The molecule has 0 fully saturated rings. The molecule has 0 spiro atoms. The van der Waals surface area contributed by atoms with Crippen LogP contribution < -0.4 is 11.3 Å². The fraction of sp³-hybridized carbons (Fsp3) is 0.533. The normalized spacial score (nSPS) is 13.4. The van der Waals surface area contributed by atoms with Gasteiger partial charge in [0.1, 0.15) is 5.75 Å². The summed E-state index contributed by atoms with van der Waals surface area (Å²) < 4.78 is 0. The van der Waals surface area contributed by atoms with E-state index in [4.69, 9.17) is 11.0 Å². The van der Waals surface area contributed by atoms with E-state index in [9.17, 15) is 5.11 Å². The van der Waals surface area contributed by atoms with Gasteiger partial charge in [-0.1, -0.05) is 41.5 Å². The predicted molar refractivity (Wildman–Crippen MR) is 81.2 cm³/mol. The number of benzene rings is 1. The minimum Gasteiger partial charge on any atom is -0.507 e. The number of hydroxylamine groups is 1. The number of rotatable bonds is 1. The lowest BCUT2D eigenvalue weighted by Gasteiger charge is -2.28. The number of phenols is 1. The monoisotopic (exact) mass is 279 g/mol. The van der Waals surface area contributed by atoms with Gasteiger partial charge in [-0.15, -0.1) is 0 Å². The lowest BCUT2D eigenvalue weighted by molar-refractivity contribution is 0.234. The van der Waals surface area contributed by atoms with Crippen molar-refractivity contribution in [2.24, 2.45) is 10.9 Å². The van der Waals surface area contributed by atoms with Gasteiger partial charge in [-0.05, 0) is 23.0 Å². The molecule has 0 amide bonds. The van der Waals surface area contributed by atoms with Gasteiger partial charge in [0.25, 0.3) is 0 Å². The van der Waals surface area contributed by atoms with Gasteiger partial charge in [0.05, 0.1) is 0 Å². The summed E-state index contributed by atoms with van der Waals surface area (Å²) in [6.45, 7) is 12.1. The Balaban J connectivity index is 3.67. The molecule has 5 heteroatoms. The summed E-state index contributed by atoms with van der Waals surface area (Å²) in [4.78, 5) is 0. The third-order valence-corrected chi connectivity index (χ3v) is 3.23. The van der Waals surface area contributed by atoms with Crippen molar-refractivity contribution in [3.05, 3.63) is 28.8 Å². The molecule has 0 aromatic heterocycles. The summed E-state index contributed by atoms with van der Waals surface area (Å²) in [6, 6.07) is 3.58. The number of hydrogen-bond acceptors (Lipinski definition) is 4. The molecule has 5 N–H and O–H groups in total. The highest BCUT2D eigenvalue weighted by atomic mass is 16.5. The third kappa shape index (κ3) is 3.22. The number of nitrogens with one attached hydrogen (secondary N) is 1. The van der Waals surface area contributed by atoms with Crippen molar-refractivity contribution in [3.8, 4) is 5.75 Å². The molecule has 0 aliphatic heterocycles. The van der Waals surface area contributed by atoms with E-state index in [1.807, 2.05) is 47.0 Å². The highest BCUT2D eigenvalue weighted by Gasteiger charge is 2.27. The maximum atomic E-state index is 10.6. The van der Waals surface area contributed by atoms with Crippen LogP contribution in [-0.2, 0) is 10.8 Å². The third-order valence-electron chi connectivity index (χ3n) is 3.23. The molecule has 0 heterocycles. The van der Waals surface area contributed by atoms with Crippen LogP contribution in [0.5, 0.6) is 5.75 Å². The molecule has 5 nitrogen and oxygen atoms in total. The van der Waals surface area contributed by atoms with Gasteiger partial charge in [0.15, 0.2) is 5.84 Å². The molecule has 0 saturated heterocycles. The van der Waals surface area contributed by atoms with Crippen LogP contribution in [0.1, 0.15) is 58.2 Å². The Bertz CT molecular complexity index is 488. The van der Waals surface area contributed by atoms with Gasteiger partial charge in [0.2, 0.25) is 0 Å². The van der Waals surface area contributed by atoms with Crippen molar-refractivity contribution in [2.75, 3.05) is 0 Å². The van der Waals surface area contributed by atoms with E-state index in [1.54, 1.807) is 12.1 Å². The Kier molecular flexibility index (Phi) is 4.34. The van der Waals surface area contributed by atoms with Gasteiger partial charge in [0, 0.05) is 16.7 Å². The number of nitrogens with two attached hydrogens (primary N) is 1. The van der Waals surface area contributed by atoms with Crippen LogP contribution in [0.15, 0.2) is 17.2 Å². The maximum absolute atomic E-state index is 10.6. The van der Waals surface area contributed by atoms with Crippen LogP contribution in [-0.4, -0.2) is 16.1 Å². The molecule has 0 unspecified atom stereocenters. The van der Waals surface area contributed by atoms with E-state index in [0.717, 1.165) is 11.1 Å². The molecule has 0 aliphatic rings. The second-order valence-corrected chi connectivity index (χ2v) is 7.01. The standard InChI is InChI=1S/C15H25N3O2/c1-14(2,3)10-7-9(13(17-16)18-20)8-11(12(10)19)15(4,5)6/h7-8,19-20H,16H2,1-6H3,(H,17,18). The Morgan fingerprint density at radius 2 is 1.45 bits per heavy atom. The fourth-order valence-corrected chi connectivity index (χ4v) is 2.08. The quantitative estimate of drug-likeness (QED) is 0.275. The molecule has 0 bridgehead atoms. The minimum absolute atomic E-state index is 0.168. The van der Waals surface area contributed by atoms with Crippen LogP contribution in [0.3, 0.4) is 0 Å². The zero-order chi connectivity index (χ0) is 15.7. The summed E-state index contributed by atoms with van der Waals surface area (Å²) in [5, 5.41) is 23.2. The molecule has 0 atom stereocenters. The molecule has 1 aromatic rings. The molecule has 20 heavy (non-hydrogen) atoms. The van der Waals surface area contributed by atoms with Crippen molar-refractivity contribution in [1.29, 1.82) is 0 Å². The largest absolute Gasteiger partial charge is 0.507 e. The zero-order valence-corrected chi connectivity index (χ0v) is 13.1. The Hall–Kier alpha value is -1.75. The van der Waals surface area contributed by atoms with E-state index < -0.39 is 0 Å². The number of nitrogens with zero attached hydrogens (tertiary/aromatic N) is 1. The van der Waals surface area contributed by atoms with Crippen molar-refractivity contribution in [1.82, 2.24) is 5.48 Å². The van der Waals surface area contributed by atoms with E-state index in [-0.39, 0.29) is 22.4 Å². The topological polar surface area (TPSA) is 90.9 Å². The lowest BCUT2D eigenvalue weighted by Crippen LogP contribution is -2.25. The van der Waals surface area contributed by atoms with Crippen molar-refractivity contribution >= 4 is 5.84 Å². The maximum Gasteiger partial charge on any atom is 0.176 e. The molecule has 0 saturated carbocycles. The highest BCUT2D eigenvalue weighted by Crippen LogP contribution is 2.39. The zero-order valence-electron chi connectivity index (χ0n) is 13.1. The van der Waals surface area contributed by atoms with E-state index in [0.29, 0.717) is 5.56 Å². The molecule has 0 radical (unpaired) electrons. The summed E-state index contributed by atoms with van der Waals surface area (Å²) in [5.74, 6) is 5.72. The molecule has 1 aromatic carbocycles. The second kappa shape index (κ2) is 5.32. The molecule has 112 valence electrons. The molecule has 0 aliphatic carbocycles. The molecular formula is C15H25N3O2. The Morgan fingerprint density at radius 1 is 1.05 bits per heavy atom. The Labute approximate surface area is 120 Å². The first kappa shape index (κ1) is 16.3. The van der Waals surface area contributed by atoms with Gasteiger partial charge in [-0.2, -0.15) is 5.10 Å². The molecule has 1 rings (SSSR count). The average Bonchev–Trinajstić information content (AvgIpc) is 2.29. The minimum atomic E-state index is -0.241. The van der Waals surface area contributed by atoms with E-state index >= 15 is 0 Å². The second-order valence-electron chi connectivity index (χ2n) is 7.01. The summed E-state index contributed by atoms with van der Waals surface area (Å²) in [7, 11) is 0. The molecular weight excluding hydrogens is 254 g/mol. The first-order valence-electron chi connectivity index (χ1n) is 6.58. The van der Waals surface area contributed by atoms with Gasteiger partial charge in [-0.25, -0.2) is 0 Å². The van der Waals surface area contributed by atoms with Crippen molar-refractivity contribution in [3.63, 3.8) is 0 Å². The summed E-state index contributed by atoms with van der Waals surface area (Å²) >= 11 is 0. The first-order chi connectivity index (χ1) is 9.02. The summed E-state index contributed by atoms with van der Waals surface area (Å²) in [6.07, 6.45) is 0. The first-order valence-corrected chi connectivity index (χ1v) is 6.58. The number of hydrogen-bond donors (Lipinski definition) is 4. The highest BCUT2D eigenvalue weighted by molar-refractivity contribution is 5.98. The number of phenolic OH excluding ortho intramolecular Hbond substituents is 1. The smallest absolute Gasteiger partial charge is 0.176 e. The van der Waals surface area contributed by atoms with Crippen LogP contribution in [0, 0.1) is 0 Å². The SMILES string of the molecule is CC(C)(C)c1cc(/C(=N/N)NO)cc(C(C)(C)C)c1O. The van der Waals surface area contributed by atoms with Gasteiger partial charge >= 0.3 is 0 Å². The van der Waals surface area contributed by atoms with Crippen LogP contribution in [0.25, 0.3) is 0 Å². The Morgan fingerprint density at radius 3 is 1.70 bits per heavy atom. The van der Waals surface area contributed by atoms with Crippen LogP contribution >= 0.6 is 0 Å². The summed E-state index contributed by atoms with van der Waals surface area (Å²) in [5.41, 5.74) is 3.72. The van der Waals surface area contributed by atoms with Crippen molar-refractivity contribution < 1.29 is 10.3 Å². The number of aromatic hydroxyl groups is 1. The van der Waals surface area contributed by atoms with Gasteiger partial charge < -0.3 is 10.9 Å². The van der Waals surface area contributed by atoms with Crippen LogP contribution in [0.4, 0.5) is 0 Å². The van der Waals surface area contributed by atoms with Crippen molar-refractivity contribution in [2.45, 2.75) is 52.4 Å². The van der Waals surface area contributed by atoms with E-state index in [1.165, 1.54) is 0 Å². The lowest BCUT2D eigenvalue weighted by atomic mass is 9.78. The predicted octanol–water partition coefficient (Wildman–Crippen LogP) is 2.59. The van der Waals surface area contributed by atoms with Crippen LogP contribution in [0.2, 0.25) is 0 Å². The fourth-order valence-electron chi connectivity index (χ4n) is 2.08. The average molecular weight is 279 g/mol. The van der Waals surface area contributed by atoms with Gasteiger partial charge in [-0.3, -0.25) is 10.7 Å². The van der Waals surface area contributed by atoms with E-state index in [2.05, 4.69) is 5.10 Å². The number of hydrazone groups is 1.